The van der Waals surface area contributed by atoms with Gasteiger partial charge in [0.05, 0.1) is 12.7 Å². The molecule has 0 fully saturated rings. The lowest BCUT2D eigenvalue weighted by Crippen LogP contribution is -2.23. The van der Waals surface area contributed by atoms with Crippen molar-refractivity contribution in [3.05, 3.63) is 24.3 Å². The van der Waals surface area contributed by atoms with Gasteiger partial charge in [0.25, 0.3) is 0 Å². The Labute approximate surface area is 139 Å². The van der Waals surface area contributed by atoms with Crippen LogP contribution in [-0.4, -0.2) is 49.3 Å². The van der Waals surface area contributed by atoms with Crippen molar-refractivity contribution in [3.63, 3.8) is 0 Å². The normalized spacial score (nSPS) is 27.6. The third-order valence-corrected chi connectivity index (χ3v) is 2.81. The Bertz CT molecular complexity index is 534. The predicted molar refractivity (Wildman–Crippen MR) is 80.5 cm³/mol. The molecule has 0 aliphatic carbocycles. The van der Waals surface area contributed by atoms with E-state index in [1.54, 1.807) is 6.92 Å². The van der Waals surface area contributed by atoms with Gasteiger partial charge in [-0.25, -0.2) is 19.2 Å². The highest BCUT2D eigenvalue weighted by molar-refractivity contribution is 5.92. The molecule has 132 valence electrons. The van der Waals surface area contributed by atoms with Crippen LogP contribution in [0.15, 0.2) is 24.3 Å². The van der Waals surface area contributed by atoms with Crippen molar-refractivity contribution in [3.8, 4) is 0 Å². The molecule has 0 saturated carbocycles. The maximum atomic E-state index is 10.9. The number of carbonyl (C=O) groups excluding carboxylic acids is 4. The molecule has 0 aromatic carbocycles. The van der Waals surface area contributed by atoms with Gasteiger partial charge in [-0.15, -0.1) is 0 Å². The number of hydrogen-bond acceptors (Lipinski definition) is 8. The summed E-state index contributed by atoms with van der Waals surface area (Å²) in [4.78, 5) is 43.0. The second-order valence-corrected chi connectivity index (χ2v) is 5.10. The number of cyclic esters (lactones) is 4. The first kappa shape index (κ1) is 19.4. The standard InChI is InChI=1S/C9H12O4.C7H8O4/c1-7-3-2-6-12-8(10)4-5-9(11)13-7;1-5-4-10-6(8)2-3-7(9)11-5/h4-5,7H,2-3,6H2,1H3;2-3,5H,4H2,1H3/b5-4+;3-2+. The van der Waals surface area contributed by atoms with Gasteiger partial charge < -0.3 is 18.9 Å². The molecule has 0 bridgehead atoms. The first-order valence-electron chi connectivity index (χ1n) is 7.47. The van der Waals surface area contributed by atoms with Crippen LogP contribution in [0.1, 0.15) is 26.7 Å². The quantitative estimate of drug-likeness (QED) is 0.472. The van der Waals surface area contributed by atoms with Crippen molar-refractivity contribution in [1.29, 1.82) is 0 Å². The summed E-state index contributed by atoms with van der Waals surface area (Å²) in [5.41, 5.74) is 0. The Morgan fingerprint density at radius 1 is 0.750 bits per heavy atom. The van der Waals surface area contributed by atoms with Crippen LogP contribution in [0.25, 0.3) is 0 Å². The van der Waals surface area contributed by atoms with Crippen LogP contribution in [0, 0.1) is 0 Å². The summed E-state index contributed by atoms with van der Waals surface area (Å²) >= 11 is 0. The minimum Gasteiger partial charge on any atom is -0.463 e. The Morgan fingerprint density at radius 2 is 1.25 bits per heavy atom. The van der Waals surface area contributed by atoms with E-state index in [9.17, 15) is 19.2 Å². The minimum absolute atomic E-state index is 0.117. The van der Waals surface area contributed by atoms with Gasteiger partial charge in [-0.3, -0.25) is 0 Å². The average molecular weight is 340 g/mol. The number of ether oxygens (including phenoxy) is 4. The molecule has 2 rings (SSSR count). The fraction of sp³-hybridized carbons (Fsp3) is 0.500. The molecule has 2 unspecified atom stereocenters. The van der Waals surface area contributed by atoms with Crippen LogP contribution >= 0.6 is 0 Å². The van der Waals surface area contributed by atoms with E-state index in [4.69, 9.17) is 14.2 Å². The molecule has 2 aliphatic heterocycles. The zero-order valence-corrected chi connectivity index (χ0v) is 13.6. The molecule has 8 nitrogen and oxygen atoms in total. The van der Waals surface area contributed by atoms with E-state index in [0.717, 1.165) is 24.3 Å². The highest BCUT2D eigenvalue weighted by atomic mass is 16.6. The first-order valence-corrected chi connectivity index (χ1v) is 7.47. The number of carbonyl (C=O) groups is 4. The van der Waals surface area contributed by atoms with Crippen LogP contribution < -0.4 is 0 Å². The molecule has 2 atom stereocenters. The van der Waals surface area contributed by atoms with Gasteiger partial charge in [0.15, 0.2) is 0 Å². The van der Waals surface area contributed by atoms with E-state index >= 15 is 0 Å². The molecule has 2 aliphatic rings. The Morgan fingerprint density at radius 3 is 1.88 bits per heavy atom. The molecule has 24 heavy (non-hydrogen) atoms. The van der Waals surface area contributed by atoms with Crippen molar-refractivity contribution in [2.24, 2.45) is 0 Å². The fourth-order valence-electron chi connectivity index (χ4n) is 1.68. The maximum absolute atomic E-state index is 10.9. The Kier molecular flexibility index (Phi) is 8.24. The van der Waals surface area contributed by atoms with E-state index in [1.807, 2.05) is 6.92 Å². The highest BCUT2D eigenvalue weighted by Crippen LogP contribution is 2.04. The summed E-state index contributed by atoms with van der Waals surface area (Å²) in [6, 6.07) is 0. The highest BCUT2D eigenvalue weighted by Gasteiger charge is 2.12. The molecular formula is C16H20O8. The summed E-state index contributed by atoms with van der Waals surface area (Å²) in [6.07, 6.45) is 5.22. The molecule has 0 aromatic rings. The van der Waals surface area contributed by atoms with Crippen LogP contribution in [0.5, 0.6) is 0 Å². The average Bonchev–Trinajstić information content (AvgIpc) is 2.52. The topological polar surface area (TPSA) is 105 Å². The second kappa shape index (κ2) is 10.2. The first-order chi connectivity index (χ1) is 11.4. The number of rotatable bonds is 0. The van der Waals surface area contributed by atoms with Crippen LogP contribution in [0.3, 0.4) is 0 Å². The van der Waals surface area contributed by atoms with Gasteiger partial charge in [0, 0.05) is 24.3 Å². The maximum Gasteiger partial charge on any atom is 0.331 e. The molecule has 0 radical (unpaired) electrons. The zero-order valence-electron chi connectivity index (χ0n) is 13.6. The third-order valence-electron chi connectivity index (χ3n) is 2.81. The van der Waals surface area contributed by atoms with E-state index in [0.29, 0.717) is 19.4 Å². The molecule has 8 heteroatoms. The van der Waals surface area contributed by atoms with Crippen LogP contribution in [-0.2, 0) is 38.1 Å². The van der Waals surface area contributed by atoms with Gasteiger partial charge in [0.1, 0.15) is 12.7 Å². The van der Waals surface area contributed by atoms with Gasteiger partial charge in [0.2, 0.25) is 0 Å². The van der Waals surface area contributed by atoms with Gasteiger partial charge >= 0.3 is 23.9 Å². The van der Waals surface area contributed by atoms with E-state index < -0.39 is 23.9 Å². The van der Waals surface area contributed by atoms with E-state index in [2.05, 4.69) is 4.74 Å². The van der Waals surface area contributed by atoms with Crippen LogP contribution in [0.2, 0.25) is 0 Å². The number of esters is 4. The monoisotopic (exact) mass is 340 g/mol. The van der Waals surface area contributed by atoms with Crippen molar-refractivity contribution >= 4 is 23.9 Å². The van der Waals surface area contributed by atoms with Crippen molar-refractivity contribution in [2.75, 3.05) is 13.2 Å². The second-order valence-electron chi connectivity index (χ2n) is 5.10. The lowest BCUT2D eigenvalue weighted by molar-refractivity contribution is -0.153. The number of hydrogen-bond donors (Lipinski definition) is 0. The summed E-state index contributed by atoms with van der Waals surface area (Å²) in [6.45, 7) is 3.97. The molecule has 0 saturated heterocycles. The molecule has 0 N–H and O–H groups in total. The summed E-state index contributed by atoms with van der Waals surface area (Å²) in [5, 5.41) is 0. The third kappa shape index (κ3) is 8.72. The lowest BCUT2D eigenvalue weighted by atomic mass is 10.2. The molecule has 0 aromatic heterocycles. The van der Waals surface area contributed by atoms with E-state index in [1.165, 1.54) is 0 Å². The van der Waals surface area contributed by atoms with Gasteiger partial charge in [-0.2, -0.15) is 0 Å². The smallest absolute Gasteiger partial charge is 0.331 e. The predicted octanol–water partition coefficient (Wildman–Crippen LogP) is 0.842. The summed E-state index contributed by atoms with van der Waals surface area (Å²) < 4.78 is 19.1. The fourth-order valence-corrected chi connectivity index (χ4v) is 1.68. The SMILES string of the molecule is CC1CCCOC(=O)/C=C/C(=O)O1.CC1COC(=O)/C=C/C(=O)O1. The van der Waals surface area contributed by atoms with Crippen molar-refractivity contribution in [2.45, 2.75) is 38.9 Å². The molecular weight excluding hydrogens is 320 g/mol. The Balaban J connectivity index is 0.000000243. The Hall–Kier alpha value is -2.64. The molecule has 0 spiro atoms. The largest absolute Gasteiger partial charge is 0.463 e. The lowest BCUT2D eigenvalue weighted by Gasteiger charge is -2.13. The minimum atomic E-state index is -0.506. The summed E-state index contributed by atoms with van der Waals surface area (Å²) in [7, 11) is 0. The summed E-state index contributed by atoms with van der Waals surface area (Å²) in [5.74, 6) is -2.00. The molecule has 2 heterocycles. The van der Waals surface area contributed by atoms with Crippen molar-refractivity contribution in [1.82, 2.24) is 0 Å². The van der Waals surface area contributed by atoms with Gasteiger partial charge in [-0.05, 0) is 26.7 Å². The van der Waals surface area contributed by atoms with Crippen molar-refractivity contribution < 1.29 is 38.1 Å². The van der Waals surface area contributed by atoms with Crippen LogP contribution in [0.4, 0.5) is 0 Å². The molecule has 0 amide bonds. The van der Waals surface area contributed by atoms with E-state index in [-0.39, 0.29) is 18.8 Å². The van der Waals surface area contributed by atoms with Gasteiger partial charge in [-0.1, -0.05) is 0 Å². The zero-order chi connectivity index (χ0) is 17.9.